The van der Waals surface area contributed by atoms with Gasteiger partial charge in [-0.3, -0.25) is 0 Å². The molecule has 0 saturated carbocycles. The Bertz CT molecular complexity index is 342. The van der Waals surface area contributed by atoms with E-state index in [1.807, 2.05) is 6.92 Å². The zero-order chi connectivity index (χ0) is 14.0. The smallest absolute Gasteiger partial charge is 0.330 e. The van der Waals surface area contributed by atoms with Gasteiger partial charge in [0.1, 0.15) is 0 Å². The molecule has 0 amide bonds. The number of carbonyl (C=O) groups excluding carboxylic acids is 1. The summed E-state index contributed by atoms with van der Waals surface area (Å²) in [6.07, 6.45) is 10.2. The molecule has 0 spiro atoms. The number of esters is 1. The third-order valence-electron chi connectivity index (χ3n) is 2.69. The van der Waals surface area contributed by atoms with E-state index in [1.54, 1.807) is 6.08 Å². The normalized spacial score (nSPS) is 12.3. The van der Waals surface area contributed by atoms with E-state index in [4.69, 9.17) is 0 Å². The van der Waals surface area contributed by atoms with Crippen molar-refractivity contribution >= 4 is 5.97 Å². The maximum atomic E-state index is 11.0. The second-order valence-corrected chi connectivity index (χ2v) is 4.92. The fourth-order valence-corrected chi connectivity index (χ4v) is 1.57. The summed E-state index contributed by atoms with van der Waals surface area (Å²) >= 11 is 0. The first-order chi connectivity index (χ1) is 8.45. The first-order valence-corrected chi connectivity index (χ1v) is 6.49. The van der Waals surface area contributed by atoms with Gasteiger partial charge in [-0.2, -0.15) is 0 Å². The van der Waals surface area contributed by atoms with Crippen molar-refractivity contribution in [2.45, 2.75) is 53.4 Å². The molecule has 0 rings (SSSR count). The third kappa shape index (κ3) is 9.88. The molecule has 0 aliphatic rings. The molecule has 0 aromatic carbocycles. The van der Waals surface area contributed by atoms with E-state index in [1.165, 1.54) is 18.3 Å². The standard InChI is InChI=1S/C16H26O2/c1-13(2)8-6-9-14(3)10-7-11-15(4)12-16(17)18-5/h8,10,12H,6-7,9,11H2,1-5H3/b14-10-,15-12+. The lowest BCUT2D eigenvalue weighted by molar-refractivity contribution is -0.134. The van der Waals surface area contributed by atoms with E-state index in [9.17, 15) is 4.79 Å². The van der Waals surface area contributed by atoms with Crippen molar-refractivity contribution in [2.24, 2.45) is 0 Å². The zero-order valence-corrected chi connectivity index (χ0v) is 12.4. The van der Waals surface area contributed by atoms with Crippen LogP contribution < -0.4 is 0 Å². The Kier molecular flexibility index (Phi) is 8.99. The van der Waals surface area contributed by atoms with Gasteiger partial charge in [0, 0.05) is 6.08 Å². The first-order valence-electron chi connectivity index (χ1n) is 6.49. The molecule has 0 aliphatic carbocycles. The molecule has 2 heteroatoms. The van der Waals surface area contributed by atoms with Gasteiger partial charge in [-0.15, -0.1) is 0 Å². The number of hydrogen-bond acceptors (Lipinski definition) is 2. The van der Waals surface area contributed by atoms with Crippen molar-refractivity contribution in [3.63, 3.8) is 0 Å². The third-order valence-corrected chi connectivity index (χ3v) is 2.69. The highest BCUT2D eigenvalue weighted by molar-refractivity contribution is 5.82. The van der Waals surface area contributed by atoms with Crippen LogP contribution >= 0.6 is 0 Å². The maximum Gasteiger partial charge on any atom is 0.330 e. The van der Waals surface area contributed by atoms with E-state index in [0.29, 0.717) is 0 Å². The average Bonchev–Trinajstić information content (AvgIpc) is 2.28. The fourth-order valence-electron chi connectivity index (χ4n) is 1.57. The summed E-state index contributed by atoms with van der Waals surface area (Å²) in [5.41, 5.74) is 3.85. The summed E-state index contributed by atoms with van der Waals surface area (Å²) in [5, 5.41) is 0. The van der Waals surface area contributed by atoms with Crippen molar-refractivity contribution in [3.8, 4) is 0 Å². The number of allylic oxidation sites excluding steroid dienone is 5. The van der Waals surface area contributed by atoms with E-state index in [-0.39, 0.29) is 5.97 Å². The number of carbonyl (C=O) groups is 1. The monoisotopic (exact) mass is 250 g/mol. The molecule has 0 heterocycles. The van der Waals surface area contributed by atoms with Crippen LogP contribution in [0.3, 0.4) is 0 Å². The van der Waals surface area contributed by atoms with Crippen molar-refractivity contribution in [2.75, 3.05) is 7.11 Å². The van der Waals surface area contributed by atoms with Gasteiger partial charge in [0.2, 0.25) is 0 Å². The lowest BCUT2D eigenvalue weighted by atomic mass is 10.1. The van der Waals surface area contributed by atoms with Gasteiger partial charge in [-0.05, 0) is 53.4 Å². The predicted octanol–water partition coefficient (Wildman–Crippen LogP) is 4.58. The highest BCUT2D eigenvalue weighted by atomic mass is 16.5. The number of hydrogen-bond donors (Lipinski definition) is 0. The molecule has 0 fully saturated rings. The van der Waals surface area contributed by atoms with E-state index in [0.717, 1.165) is 31.3 Å². The summed E-state index contributed by atoms with van der Waals surface area (Å²) in [6.45, 7) is 8.38. The van der Waals surface area contributed by atoms with Gasteiger partial charge in [0.05, 0.1) is 7.11 Å². The molecule has 0 radical (unpaired) electrons. The van der Waals surface area contributed by atoms with Gasteiger partial charge in [0.25, 0.3) is 0 Å². The van der Waals surface area contributed by atoms with Crippen LogP contribution in [0, 0.1) is 0 Å². The fraction of sp³-hybridized carbons (Fsp3) is 0.562. The minimum Gasteiger partial charge on any atom is -0.466 e. The highest BCUT2D eigenvalue weighted by Gasteiger charge is 1.96. The molecule has 0 N–H and O–H groups in total. The zero-order valence-electron chi connectivity index (χ0n) is 12.4. The minimum absolute atomic E-state index is 0.267. The number of ether oxygens (including phenoxy) is 1. The van der Waals surface area contributed by atoms with Crippen molar-refractivity contribution in [1.82, 2.24) is 0 Å². The van der Waals surface area contributed by atoms with Crippen LogP contribution in [0.15, 0.2) is 34.9 Å². The molecule has 0 unspecified atom stereocenters. The molecule has 18 heavy (non-hydrogen) atoms. The maximum absolute atomic E-state index is 11.0. The molecule has 0 aliphatic heterocycles. The molecule has 0 aromatic heterocycles. The van der Waals surface area contributed by atoms with Crippen LogP contribution in [0.1, 0.15) is 53.4 Å². The van der Waals surface area contributed by atoms with Crippen molar-refractivity contribution in [1.29, 1.82) is 0 Å². The van der Waals surface area contributed by atoms with Crippen LogP contribution in [0.4, 0.5) is 0 Å². The van der Waals surface area contributed by atoms with Gasteiger partial charge >= 0.3 is 5.97 Å². The largest absolute Gasteiger partial charge is 0.466 e. The molecule has 0 saturated heterocycles. The van der Waals surface area contributed by atoms with Gasteiger partial charge in [0.15, 0.2) is 0 Å². The molecular formula is C16H26O2. The first kappa shape index (κ1) is 16.7. The Labute approximate surface area is 111 Å². The van der Waals surface area contributed by atoms with Crippen LogP contribution in [0.25, 0.3) is 0 Å². The molecule has 102 valence electrons. The quantitative estimate of drug-likeness (QED) is 0.375. The molecule has 0 bridgehead atoms. The summed E-state index contributed by atoms with van der Waals surface area (Å²) < 4.78 is 4.59. The molecular weight excluding hydrogens is 224 g/mol. The van der Waals surface area contributed by atoms with Crippen molar-refractivity contribution < 1.29 is 9.53 Å². The van der Waals surface area contributed by atoms with E-state index in [2.05, 4.69) is 37.7 Å². The summed E-state index contributed by atoms with van der Waals surface area (Å²) in [4.78, 5) is 11.0. The second-order valence-electron chi connectivity index (χ2n) is 4.92. The van der Waals surface area contributed by atoms with Crippen LogP contribution in [-0.2, 0) is 9.53 Å². The van der Waals surface area contributed by atoms with E-state index >= 15 is 0 Å². The van der Waals surface area contributed by atoms with E-state index < -0.39 is 0 Å². The Hall–Kier alpha value is -1.31. The molecule has 0 atom stereocenters. The van der Waals surface area contributed by atoms with Gasteiger partial charge in [-0.1, -0.05) is 28.9 Å². The number of methoxy groups -OCH3 is 1. The molecule has 0 aromatic rings. The Balaban J connectivity index is 3.97. The summed E-state index contributed by atoms with van der Waals surface area (Å²) in [7, 11) is 1.40. The summed E-state index contributed by atoms with van der Waals surface area (Å²) in [6, 6.07) is 0. The lowest BCUT2D eigenvalue weighted by Gasteiger charge is -2.01. The summed E-state index contributed by atoms with van der Waals surface area (Å²) in [5.74, 6) is -0.267. The van der Waals surface area contributed by atoms with Crippen molar-refractivity contribution in [3.05, 3.63) is 34.9 Å². The Morgan fingerprint density at radius 2 is 1.50 bits per heavy atom. The van der Waals surface area contributed by atoms with Gasteiger partial charge < -0.3 is 4.74 Å². The second kappa shape index (κ2) is 9.69. The molecule has 2 nitrogen and oxygen atoms in total. The van der Waals surface area contributed by atoms with Gasteiger partial charge in [-0.25, -0.2) is 4.79 Å². The number of rotatable bonds is 7. The lowest BCUT2D eigenvalue weighted by Crippen LogP contribution is -1.95. The van der Waals surface area contributed by atoms with Crippen LogP contribution in [0.2, 0.25) is 0 Å². The minimum atomic E-state index is -0.267. The van der Waals surface area contributed by atoms with Crippen LogP contribution in [0.5, 0.6) is 0 Å². The Morgan fingerprint density at radius 3 is 2.06 bits per heavy atom. The van der Waals surface area contributed by atoms with Crippen LogP contribution in [-0.4, -0.2) is 13.1 Å². The topological polar surface area (TPSA) is 26.3 Å². The Morgan fingerprint density at radius 1 is 0.944 bits per heavy atom. The highest BCUT2D eigenvalue weighted by Crippen LogP contribution is 2.11. The average molecular weight is 250 g/mol. The SMILES string of the molecule is COC(=O)/C=C(\C)CC/C=C(/C)CCC=C(C)C. The predicted molar refractivity (Wildman–Crippen MR) is 77.4 cm³/mol.